The summed E-state index contributed by atoms with van der Waals surface area (Å²) in [4.78, 5) is 39.5. The molecule has 32 heavy (non-hydrogen) atoms. The van der Waals surface area contributed by atoms with E-state index in [4.69, 9.17) is 0 Å². The molecule has 1 aromatic heterocycles. The predicted molar refractivity (Wildman–Crippen MR) is 108 cm³/mol. The molecule has 1 aromatic carbocycles. The van der Waals surface area contributed by atoms with E-state index in [0.717, 1.165) is 18.3 Å². The Labute approximate surface area is 180 Å². The molecule has 2 bridgehead atoms. The molecule has 1 fully saturated rings. The minimum absolute atomic E-state index is 0.00281. The van der Waals surface area contributed by atoms with Gasteiger partial charge in [-0.2, -0.15) is 0 Å². The van der Waals surface area contributed by atoms with Crippen LogP contribution in [0.1, 0.15) is 46.7 Å². The van der Waals surface area contributed by atoms with Gasteiger partial charge in [0, 0.05) is 36.8 Å². The zero-order chi connectivity index (χ0) is 23.3. The van der Waals surface area contributed by atoms with E-state index >= 15 is 0 Å². The largest absolute Gasteiger partial charge is 0.502 e. The fraction of sp³-hybridized carbons (Fsp3) is 0.381. The summed E-state index contributed by atoms with van der Waals surface area (Å²) in [6.07, 6.45) is -0.0955. The molecule has 4 rings (SSSR count). The van der Waals surface area contributed by atoms with E-state index in [9.17, 15) is 32.7 Å². The first kappa shape index (κ1) is 21.7. The van der Waals surface area contributed by atoms with Crippen molar-refractivity contribution in [3.8, 4) is 5.75 Å². The molecule has 0 aliphatic carbocycles. The average Bonchev–Trinajstić information content (AvgIpc) is 2.83. The molecular weight excluding hydrogens is 429 g/mol. The van der Waals surface area contributed by atoms with Gasteiger partial charge in [0.25, 0.3) is 11.8 Å². The second kappa shape index (κ2) is 7.88. The molecule has 2 amide bonds. The number of amides is 2. The lowest BCUT2D eigenvalue weighted by Crippen LogP contribution is -2.57. The summed E-state index contributed by atoms with van der Waals surface area (Å²) in [5, 5.41) is 14.4. The van der Waals surface area contributed by atoms with E-state index in [1.807, 2.05) is 0 Å². The first-order chi connectivity index (χ1) is 15.1. The summed E-state index contributed by atoms with van der Waals surface area (Å²) in [5.41, 5.74) is -1.91. The van der Waals surface area contributed by atoms with Gasteiger partial charge in [-0.25, -0.2) is 13.2 Å². The van der Waals surface area contributed by atoms with Gasteiger partial charge in [-0.05, 0) is 19.9 Å². The second-order valence-electron chi connectivity index (χ2n) is 8.03. The van der Waals surface area contributed by atoms with Crippen LogP contribution in [-0.2, 0) is 6.54 Å². The number of hydrogen-bond donors (Lipinski definition) is 2. The Hall–Kier alpha value is -3.50. The third-order valence-corrected chi connectivity index (χ3v) is 5.99. The summed E-state index contributed by atoms with van der Waals surface area (Å²) in [7, 11) is 0. The standard InChI is InChI=1S/C21H21F3N4O4/c1-10-5-15(23)11(2)26-9-28(10)27-8-14(18(29)19(30)17(27)21(26)32)20(31)25-7-12-3-4-13(22)6-16(12)24/h3-4,6,8,10-11,15,30H,5,7,9H2,1-2H3,(H,25,31)/t10-,11-,15-/m0/s1. The maximum atomic E-state index is 14.6. The Kier molecular flexibility index (Phi) is 5.35. The number of pyridine rings is 1. The van der Waals surface area contributed by atoms with Crippen molar-refractivity contribution in [2.45, 2.75) is 45.1 Å². The molecule has 0 radical (unpaired) electrons. The zero-order valence-corrected chi connectivity index (χ0v) is 17.3. The summed E-state index contributed by atoms with van der Waals surface area (Å²) < 4.78 is 42.6. The average molecular weight is 450 g/mol. The van der Waals surface area contributed by atoms with Crippen LogP contribution in [0, 0.1) is 11.6 Å². The number of rotatable bonds is 3. The van der Waals surface area contributed by atoms with E-state index in [0.29, 0.717) is 6.07 Å². The number of nitrogens with zero attached hydrogens (tertiary/aromatic N) is 3. The number of hydrogen-bond acceptors (Lipinski definition) is 5. The van der Waals surface area contributed by atoms with Gasteiger partial charge >= 0.3 is 0 Å². The molecule has 0 spiro atoms. The Morgan fingerprint density at radius 2 is 1.97 bits per heavy atom. The summed E-state index contributed by atoms with van der Waals surface area (Å²) in [6, 6.07) is 1.69. The van der Waals surface area contributed by atoms with Crippen LogP contribution < -0.4 is 15.8 Å². The van der Waals surface area contributed by atoms with Crippen LogP contribution in [0.2, 0.25) is 0 Å². The molecule has 11 heteroatoms. The molecule has 3 heterocycles. The van der Waals surface area contributed by atoms with Gasteiger partial charge < -0.3 is 15.3 Å². The number of alkyl halides is 1. The Balaban J connectivity index is 1.70. The molecule has 170 valence electrons. The highest BCUT2D eigenvalue weighted by Gasteiger charge is 2.43. The fourth-order valence-corrected chi connectivity index (χ4v) is 4.02. The summed E-state index contributed by atoms with van der Waals surface area (Å²) in [5.74, 6) is -4.21. The third kappa shape index (κ3) is 3.47. The molecule has 0 saturated carbocycles. The molecule has 3 atom stereocenters. The van der Waals surface area contributed by atoms with E-state index < -0.39 is 58.4 Å². The molecular formula is C21H21F3N4O4. The quantitative estimate of drug-likeness (QED) is 0.742. The lowest BCUT2D eigenvalue weighted by atomic mass is 10.1. The van der Waals surface area contributed by atoms with Gasteiger partial charge in [-0.15, -0.1) is 0 Å². The van der Waals surface area contributed by atoms with E-state index in [1.54, 1.807) is 18.9 Å². The SMILES string of the molecule is C[C@H]1[C@@H](F)C[C@H](C)N2CN1C(=O)c1c(O)c(=O)c(C(=O)NCc3ccc(F)cc3F)cn12. The number of halogens is 3. The van der Waals surface area contributed by atoms with Gasteiger partial charge in [0.1, 0.15) is 30.0 Å². The molecule has 1 saturated heterocycles. The second-order valence-corrected chi connectivity index (χ2v) is 8.03. The van der Waals surface area contributed by atoms with E-state index in [1.165, 1.54) is 9.58 Å². The van der Waals surface area contributed by atoms with Crippen LogP contribution in [0.3, 0.4) is 0 Å². The van der Waals surface area contributed by atoms with Gasteiger partial charge in [0.15, 0.2) is 11.4 Å². The predicted octanol–water partition coefficient (Wildman–Crippen LogP) is 1.63. The molecule has 8 nitrogen and oxygen atoms in total. The van der Waals surface area contributed by atoms with Gasteiger partial charge in [-0.1, -0.05) is 6.07 Å². The smallest absolute Gasteiger partial charge is 0.278 e. The minimum Gasteiger partial charge on any atom is -0.502 e. The molecule has 2 aliphatic heterocycles. The summed E-state index contributed by atoms with van der Waals surface area (Å²) >= 11 is 0. The number of aromatic nitrogens is 1. The maximum absolute atomic E-state index is 14.6. The van der Waals surface area contributed by atoms with Crippen molar-refractivity contribution < 1.29 is 27.9 Å². The fourth-order valence-electron chi connectivity index (χ4n) is 4.02. The van der Waals surface area contributed by atoms with Crippen molar-refractivity contribution in [2.24, 2.45) is 0 Å². The highest BCUT2D eigenvalue weighted by atomic mass is 19.1. The van der Waals surface area contributed by atoms with Crippen molar-refractivity contribution in [3.63, 3.8) is 0 Å². The minimum atomic E-state index is -1.31. The first-order valence-electron chi connectivity index (χ1n) is 10.0. The normalized spacial score (nSPS) is 22.4. The van der Waals surface area contributed by atoms with Crippen LogP contribution in [0.25, 0.3) is 0 Å². The number of nitrogens with one attached hydrogen (secondary N) is 1. The lowest BCUT2D eigenvalue weighted by molar-refractivity contribution is 0.0553. The zero-order valence-electron chi connectivity index (χ0n) is 17.3. The van der Waals surface area contributed by atoms with Crippen molar-refractivity contribution in [1.82, 2.24) is 14.9 Å². The van der Waals surface area contributed by atoms with E-state index in [-0.39, 0.29) is 30.9 Å². The topological polar surface area (TPSA) is 94.9 Å². The molecule has 2 aromatic rings. The monoisotopic (exact) mass is 450 g/mol. The molecule has 0 unspecified atom stereocenters. The number of benzene rings is 1. The number of carbonyl (C=O) groups is 2. The summed E-state index contributed by atoms with van der Waals surface area (Å²) in [6.45, 7) is 2.97. The first-order valence-corrected chi connectivity index (χ1v) is 10.0. The van der Waals surface area contributed by atoms with Crippen LogP contribution in [-0.4, -0.2) is 51.4 Å². The number of aromatic hydroxyl groups is 1. The van der Waals surface area contributed by atoms with Gasteiger partial charge in [0.05, 0.1) is 6.04 Å². The van der Waals surface area contributed by atoms with Crippen molar-refractivity contribution in [3.05, 3.63) is 63.1 Å². The molecule has 2 aliphatic rings. The number of fused-ring (bicyclic) bond motifs is 4. The lowest BCUT2D eigenvalue weighted by Gasteiger charge is -2.41. The Morgan fingerprint density at radius 3 is 2.66 bits per heavy atom. The van der Waals surface area contributed by atoms with Gasteiger partial charge in [0.2, 0.25) is 5.43 Å². The maximum Gasteiger partial charge on any atom is 0.278 e. The van der Waals surface area contributed by atoms with Gasteiger partial charge in [-0.3, -0.25) is 24.1 Å². The third-order valence-electron chi connectivity index (χ3n) is 5.99. The van der Waals surface area contributed by atoms with Crippen LogP contribution >= 0.6 is 0 Å². The van der Waals surface area contributed by atoms with Crippen LogP contribution in [0.15, 0.2) is 29.2 Å². The highest BCUT2D eigenvalue weighted by Crippen LogP contribution is 2.30. The van der Waals surface area contributed by atoms with Crippen molar-refractivity contribution in [1.29, 1.82) is 0 Å². The van der Waals surface area contributed by atoms with Crippen LogP contribution in [0.4, 0.5) is 13.2 Å². The van der Waals surface area contributed by atoms with E-state index in [2.05, 4.69) is 5.32 Å². The number of carbonyl (C=O) groups excluding carboxylic acids is 2. The van der Waals surface area contributed by atoms with Crippen LogP contribution in [0.5, 0.6) is 5.75 Å². The Bertz CT molecular complexity index is 1170. The van der Waals surface area contributed by atoms with Crippen molar-refractivity contribution in [2.75, 3.05) is 11.7 Å². The van der Waals surface area contributed by atoms with Crippen molar-refractivity contribution >= 4 is 11.8 Å². The Morgan fingerprint density at radius 1 is 1.25 bits per heavy atom. The molecule has 2 N–H and O–H groups in total. The highest BCUT2D eigenvalue weighted by molar-refractivity contribution is 5.99.